The molecule has 0 spiro atoms. The first-order valence-electron chi connectivity index (χ1n) is 12.0. The lowest BCUT2D eigenvalue weighted by Crippen LogP contribution is -2.09. The van der Waals surface area contributed by atoms with Crippen molar-refractivity contribution in [2.24, 2.45) is 0 Å². The zero-order valence-corrected chi connectivity index (χ0v) is 18.7. The average Bonchev–Trinajstić information content (AvgIpc) is 2.72. The third kappa shape index (κ3) is 13.2. The lowest BCUT2D eigenvalue weighted by molar-refractivity contribution is 0.0499. The summed E-state index contributed by atoms with van der Waals surface area (Å²) in [5.41, 5.74) is 12.8. The molecule has 1 aromatic rings. The summed E-state index contributed by atoms with van der Waals surface area (Å²) in [4.78, 5) is 12.0. The standard InChI is InChI=1S/C25H44N2O2/c1-2-3-4-5-6-7-8-9-10-11-12-13-14-15-16-17-20-29-25(28)23-21-22(26)18-19-24(23)27/h18-19,21H,2-17,20,26-27H2,1H3. The Bertz CT molecular complexity index is 546. The fourth-order valence-electron chi connectivity index (χ4n) is 3.64. The Labute approximate surface area is 178 Å². The smallest absolute Gasteiger partial charge is 0.340 e. The fourth-order valence-corrected chi connectivity index (χ4v) is 3.64. The van der Waals surface area contributed by atoms with Crippen molar-refractivity contribution in [3.63, 3.8) is 0 Å². The van der Waals surface area contributed by atoms with Gasteiger partial charge in [0.05, 0.1) is 12.2 Å². The van der Waals surface area contributed by atoms with Crippen LogP contribution in [0.1, 0.15) is 120 Å². The number of nitrogen functional groups attached to an aromatic ring is 2. The van der Waals surface area contributed by atoms with Crippen LogP contribution in [0, 0.1) is 0 Å². The first-order chi connectivity index (χ1) is 14.1. The summed E-state index contributed by atoms with van der Waals surface area (Å²) in [7, 11) is 0. The van der Waals surface area contributed by atoms with Gasteiger partial charge in [-0.2, -0.15) is 0 Å². The van der Waals surface area contributed by atoms with Gasteiger partial charge in [0.1, 0.15) is 0 Å². The second-order valence-electron chi connectivity index (χ2n) is 8.29. The molecule has 0 fully saturated rings. The van der Waals surface area contributed by atoms with Crippen LogP contribution in [0.15, 0.2) is 18.2 Å². The Morgan fingerprint density at radius 2 is 1.17 bits per heavy atom. The van der Waals surface area contributed by atoms with Crippen molar-refractivity contribution in [3.8, 4) is 0 Å². The van der Waals surface area contributed by atoms with E-state index in [0.29, 0.717) is 23.5 Å². The number of unbranched alkanes of at least 4 members (excludes halogenated alkanes) is 15. The number of ether oxygens (including phenoxy) is 1. The van der Waals surface area contributed by atoms with Gasteiger partial charge < -0.3 is 16.2 Å². The van der Waals surface area contributed by atoms with Crippen LogP contribution < -0.4 is 11.5 Å². The van der Waals surface area contributed by atoms with Crippen molar-refractivity contribution in [3.05, 3.63) is 23.8 Å². The van der Waals surface area contributed by atoms with Crippen LogP contribution in [0.25, 0.3) is 0 Å². The number of hydrogen-bond acceptors (Lipinski definition) is 4. The third-order valence-corrected chi connectivity index (χ3v) is 5.53. The molecule has 4 N–H and O–H groups in total. The van der Waals surface area contributed by atoms with E-state index in [-0.39, 0.29) is 5.97 Å². The quantitative estimate of drug-likeness (QED) is 0.153. The van der Waals surface area contributed by atoms with Crippen LogP contribution in [0.5, 0.6) is 0 Å². The highest BCUT2D eigenvalue weighted by atomic mass is 16.5. The highest BCUT2D eigenvalue weighted by Gasteiger charge is 2.11. The molecule has 0 heterocycles. The Hall–Kier alpha value is -1.71. The Balaban J connectivity index is 1.84. The third-order valence-electron chi connectivity index (χ3n) is 5.53. The van der Waals surface area contributed by atoms with Crippen molar-refractivity contribution >= 4 is 17.3 Å². The van der Waals surface area contributed by atoms with Gasteiger partial charge in [-0.25, -0.2) is 4.79 Å². The van der Waals surface area contributed by atoms with Gasteiger partial charge in [0, 0.05) is 11.4 Å². The molecule has 0 aliphatic rings. The zero-order valence-electron chi connectivity index (χ0n) is 18.7. The molecule has 0 aromatic heterocycles. The lowest BCUT2D eigenvalue weighted by atomic mass is 10.0. The van der Waals surface area contributed by atoms with E-state index in [1.54, 1.807) is 18.2 Å². The molecule has 0 aliphatic heterocycles. The second-order valence-corrected chi connectivity index (χ2v) is 8.29. The Kier molecular flexibility index (Phi) is 15.0. The van der Waals surface area contributed by atoms with Crippen molar-refractivity contribution in [2.75, 3.05) is 18.1 Å². The molecule has 0 unspecified atom stereocenters. The zero-order chi connectivity index (χ0) is 21.2. The van der Waals surface area contributed by atoms with Crippen LogP contribution in [0.4, 0.5) is 11.4 Å². The first kappa shape index (κ1) is 25.3. The van der Waals surface area contributed by atoms with E-state index in [2.05, 4.69) is 6.92 Å². The molecule has 1 aromatic carbocycles. The predicted octanol–water partition coefficient (Wildman–Crippen LogP) is 7.27. The maximum Gasteiger partial charge on any atom is 0.340 e. The van der Waals surface area contributed by atoms with E-state index >= 15 is 0 Å². The molecule has 166 valence electrons. The molecule has 1 rings (SSSR count). The number of hydrogen-bond donors (Lipinski definition) is 2. The van der Waals surface area contributed by atoms with Gasteiger partial charge in [0.15, 0.2) is 0 Å². The molecule has 0 bridgehead atoms. The maximum absolute atomic E-state index is 12.0. The molecule has 0 saturated heterocycles. The Morgan fingerprint density at radius 1 is 0.724 bits per heavy atom. The molecule has 0 radical (unpaired) electrons. The fraction of sp³-hybridized carbons (Fsp3) is 0.720. The number of anilines is 2. The highest BCUT2D eigenvalue weighted by molar-refractivity contribution is 5.96. The van der Waals surface area contributed by atoms with Gasteiger partial charge >= 0.3 is 5.97 Å². The summed E-state index contributed by atoms with van der Waals surface area (Å²) in [5, 5.41) is 0. The van der Waals surface area contributed by atoms with Crippen LogP contribution in [-0.4, -0.2) is 12.6 Å². The van der Waals surface area contributed by atoms with Crippen LogP contribution in [-0.2, 0) is 4.74 Å². The van der Waals surface area contributed by atoms with Crippen LogP contribution in [0.3, 0.4) is 0 Å². The molecule has 29 heavy (non-hydrogen) atoms. The number of carbonyl (C=O) groups excluding carboxylic acids is 1. The molecule has 0 atom stereocenters. The van der Waals surface area contributed by atoms with E-state index in [1.807, 2.05) is 0 Å². The van der Waals surface area contributed by atoms with E-state index in [9.17, 15) is 4.79 Å². The molecule has 0 amide bonds. The summed E-state index contributed by atoms with van der Waals surface area (Å²) in [5.74, 6) is -0.379. The summed E-state index contributed by atoms with van der Waals surface area (Å²) in [6.07, 6.45) is 21.3. The number of rotatable bonds is 18. The van der Waals surface area contributed by atoms with E-state index < -0.39 is 0 Å². The summed E-state index contributed by atoms with van der Waals surface area (Å²) in [6.45, 7) is 2.73. The normalized spacial score (nSPS) is 10.9. The molecule has 4 heteroatoms. The number of benzene rings is 1. The second kappa shape index (κ2) is 17.2. The van der Waals surface area contributed by atoms with E-state index in [0.717, 1.165) is 12.8 Å². The predicted molar refractivity (Wildman–Crippen MR) is 125 cm³/mol. The van der Waals surface area contributed by atoms with Crippen molar-refractivity contribution < 1.29 is 9.53 Å². The lowest BCUT2D eigenvalue weighted by Gasteiger charge is -2.08. The summed E-state index contributed by atoms with van der Waals surface area (Å²) in [6, 6.07) is 4.90. The first-order valence-corrected chi connectivity index (χ1v) is 12.0. The minimum atomic E-state index is -0.379. The minimum Gasteiger partial charge on any atom is -0.462 e. The molecule has 0 aliphatic carbocycles. The van der Waals surface area contributed by atoms with Crippen molar-refractivity contribution in [1.29, 1.82) is 0 Å². The number of carbonyl (C=O) groups is 1. The number of esters is 1. The van der Waals surface area contributed by atoms with Crippen LogP contribution >= 0.6 is 0 Å². The minimum absolute atomic E-state index is 0.362. The Morgan fingerprint density at radius 3 is 1.66 bits per heavy atom. The largest absolute Gasteiger partial charge is 0.462 e. The average molecular weight is 405 g/mol. The summed E-state index contributed by atoms with van der Waals surface area (Å²) >= 11 is 0. The van der Waals surface area contributed by atoms with E-state index in [4.69, 9.17) is 16.2 Å². The van der Waals surface area contributed by atoms with Crippen LogP contribution in [0.2, 0.25) is 0 Å². The molecule has 4 nitrogen and oxygen atoms in total. The van der Waals surface area contributed by atoms with E-state index in [1.165, 1.54) is 89.9 Å². The number of nitrogens with two attached hydrogens (primary N) is 2. The van der Waals surface area contributed by atoms with Crippen molar-refractivity contribution in [2.45, 2.75) is 110 Å². The van der Waals surface area contributed by atoms with Gasteiger partial charge in [-0.1, -0.05) is 103 Å². The molecule has 0 saturated carbocycles. The topological polar surface area (TPSA) is 78.3 Å². The summed E-state index contributed by atoms with van der Waals surface area (Å²) < 4.78 is 5.31. The van der Waals surface area contributed by atoms with Gasteiger partial charge in [-0.15, -0.1) is 0 Å². The van der Waals surface area contributed by atoms with Crippen molar-refractivity contribution in [1.82, 2.24) is 0 Å². The SMILES string of the molecule is CCCCCCCCCCCCCCCCCCOC(=O)c1cc(N)ccc1N. The van der Waals surface area contributed by atoms with Gasteiger partial charge in [-0.05, 0) is 24.6 Å². The maximum atomic E-state index is 12.0. The van der Waals surface area contributed by atoms with Gasteiger partial charge in [0.25, 0.3) is 0 Å². The van der Waals surface area contributed by atoms with Gasteiger partial charge in [-0.3, -0.25) is 0 Å². The van der Waals surface area contributed by atoms with Gasteiger partial charge in [0.2, 0.25) is 0 Å². The molecular weight excluding hydrogens is 360 g/mol. The monoisotopic (exact) mass is 404 g/mol. The highest BCUT2D eigenvalue weighted by Crippen LogP contribution is 2.17. The molecular formula is C25H44N2O2.